The van der Waals surface area contributed by atoms with Gasteiger partial charge >= 0.3 is 0 Å². The molecule has 2 aliphatic heterocycles. The number of aromatic hydroxyl groups is 1. The van der Waals surface area contributed by atoms with E-state index in [9.17, 15) is 5.11 Å². The molecular formula is C17H17N3O3. The highest BCUT2D eigenvalue weighted by molar-refractivity contribution is 5.58. The number of hydroxylamine groups is 2. The van der Waals surface area contributed by atoms with Crippen molar-refractivity contribution < 1.29 is 14.7 Å². The van der Waals surface area contributed by atoms with Gasteiger partial charge in [-0.05, 0) is 18.2 Å². The van der Waals surface area contributed by atoms with Crippen LogP contribution in [0.2, 0.25) is 0 Å². The van der Waals surface area contributed by atoms with Crippen LogP contribution in [0.3, 0.4) is 0 Å². The van der Waals surface area contributed by atoms with E-state index in [4.69, 9.17) is 15.3 Å². The molecule has 2 aliphatic rings. The quantitative estimate of drug-likeness (QED) is 0.842. The summed E-state index contributed by atoms with van der Waals surface area (Å²) < 4.78 is 6.08. The summed E-state index contributed by atoms with van der Waals surface area (Å²) in [6, 6.07) is 14.4. The second-order valence-electron chi connectivity index (χ2n) is 5.88. The number of phenols is 1. The van der Waals surface area contributed by atoms with Gasteiger partial charge in [-0.1, -0.05) is 30.3 Å². The van der Waals surface area contributed by atoms with Crippen LogP contribution in [-0.4, -0.2) is 23.6 Å². The molecule has 2 aromatic carbocycles. The fourth-order valence-corrected chi connectivity index (χ4v) is 3.13. The molecule has 3 N–H and O–H groups in total. The van der Waals surface area contributed by atoms with Crippen LogP contribution in [0.4, 0.5) is 0 Å². The van der Waals surface area contributed by atoms with E-state index in [1.807, 2.05) is 30.3 Å². The van der Waals surface area contributed by atoms with E-state index in [1.54, 1.807) is 31.6 Å². The van der Waals surface area contributed by atoms with Gasteiger partial charge in [-0.25, -0.2) is 14.9 Å². The SMILES string of the molecule is CN1C=NC2(CC(N)(c3ccccc3)Oc3ccc(O)cc32)O1. The standard InChI is InChI=1S/C17H17N3O3/c1-20-11-19-17(23-20)10-16(18,12-5-3-2-4-6-12)22-15-8-7-13(21)9-14(15)17/h2-9,11,21H,10,18H2,1H3. The summed E-state index contributed by atoms with van der Waals surface area (Å²) >= 11 is 0. The number of hydrogen-bond acceptors (Lipinski definition) is 6. The Hall–Kier alpha value is -2.57. The summed E-state index contributed by atoms with van der Waals surface area (Å²) in [5, 5.41) is 11.4. The van der Waals surface area contributed by atoms with Crippen molar-refractivity contribution in [3.8, 4) is 11.5 Å². The van der Waals surface area contributed by atoms with E-state index in [2.05, 4.69) is 4.99 Å². The first kappa shape index (κ1) is 14.0. The van der Waals surface area contributed by atoms with Crippen LogP contribution >= 0.6 is 0 Å². The van der Waals surface area contributed by atoms with E-state index in [0.29, 0.717) is 17.7 Å². The molecule has 0 aliphatic carbocycles. The van der Waals surface area contributed by atoms with Gasteiger partial charge in [-0.3, -0.25) is 5.73 Å². The molecular weight excluding hydrogens is 294 g/mol. The first-order valence-electron chi connectivity index (χ1n) is 7.35. The highest BCUT2D eigenvalue weighted by Gasteiger charge is 2.52. The summed E-state index contributed by atoms with van der Waals surface area (Å²) in [4.78, 5) is 10.4. The van der Waals surface area contributed by atoms with Gasteiger partial charge in [0.05, 0.1) is 12.0 Å². The molecule has 6 heteroatoms. The third kappa shape index (κ3) is 2.15. The summed E-state index contributed by atoms with van der Waals surface area (Å²) in [5.41, 5.74) is 5.99. The van der Waals surface area contributed by atoms with Crippen LogP contribution in [-0.2, 0) is 16.3 Å². The van der Waals surface area contributed by atoms with Crippen LogP contribution in [0.15, 0.2) is 53.5 Å². The molecule has 2 atom stereocenters. The van der Waals surface area contributed by atoms with Crippen molar-refractivity contribution in [3.05, 3.63) is 59.7 Å². The van der Waals surface area contributed by atoms with E-state index >= 15 is 0 Å². The van der Waals surface area contributed by atoms with Crippen LogP contribution in [0.1, 0.15) is 17.5 Å². The normalized spacial score (nSPS) is 28.7. The first-order valence-corrected chi connectivity index (χ1v) is 7.35. The number of aliphatic imine (C=N–C) groups is 1. The molecule has 0 bridgehead atoms. The predicted molar refractivity (Wildman–Crippen MR) is 84.7 cm³/mol. The molecule has 2 heterocycles. The average molecular weight is 311 g/mol. The molecule has 0 radical (unpaired) electrons. The summed E-state index contributed by atoms with van der Waals surface area (Å²) in [7, 11) is 1.76. The first-order chi connectivity index (χ1) is 11.0. The highest BCUT2D eigenvalue weighted by Crippen LogP contribution is 2.50. The maximum atomic E-state index is 9.84. The average Bonchev–Trinajstić information content (AvgIpc) is 2.90. The van der Waals surface area contributed by atoms with E-state index in [-0.39, 0.29) is 5.75 Å². The predicted octanol–water partition coefficient (Wildman–Crippen LogP) is 2.04. The Morgan fingerprint density at radius 3 is 2.70 bits per heavy atom. The monoisotopic (exact) mass is 311 g/mol. The lowest BCUT2D eigenvalue weighted by Crippen LogP contribution is -2.52. The van der Waals surface area contributed by atoms with Crippen molar-refractivity contribution >= 4 is 6.34 Å². The number of ether oxygens (including phenoxy) is 1. The second kappa shape index (κ2) is 4.71. The van der Waals surface area contributed by atoms with Crippen LogP contribution < -0.4 is 10.5 Å². The van der Waals surface area contributed by atoms with Crippen molar-refractivity contribution in [1.29, 1.82) is 0 Å². The van der Waals surface area contributed by atoms with Gasteiger partial charge in [-0.2, -0.15) is 0 Å². The van der Waals surface area contributed by atoms with Gasteiger partial charge in [0.25, 0.3) is 0 Å². The number of fused-ring (bicyclic) bond motifs is 2. The maximum Gasteiger partial charge on any atom is 0.221 e. The van der Waals surface area contributed by atoms with Gasteiger partial charge in [0.1, 0.15) is 17.8 Å². The Bertz CT molecular complexity index is 780. The minimum absolute atomic E-state index is 0.129. The lowest BCUT2D eigenvalue weighted by atomic mass is 9.86. The molecule has 6 nitrogen and oxygen atoms in total. The van der Waals surface area contributed by atoms with Crippen molar-refractivity contribution in [2.24, 2.45) is 10.7 Å². The molecule has 0 amide bonds. The Labute approximate surface area is 133 Å². The molecule has 0 aromatic heterocycles. The van der Waals surface area contributed by atoms with Crippen molar-refractivity contribution in [1.82, 2.24) is 5.06 Å². The Morgan fingerprint density at radius 2 is 2.00 bits per heavy atom. The number of nitrogens with two attached hydrogens (primary N) is 1. The molecule has 4 rings (SSSR count). The Morgan fingerprint density at radius 1 is 1.22 bits per heavy atom. The van der Waals surface area contributed by atoms with E-state index in [0.717, 1.165) is 5.56 Å². The lowest BCUT2D eigenvalue weighted by molar-refractivity contribution is -0.203. The van der Waals surface area contributed by atoms with Gasteiger partial charge < -0.3 is 9.84 Å². The molecule has 118 valence electrons. The minimum atomic E-state index is -1.08. The zero-order valence-corrected chi connectivity index (χ0v) is 12.6. The number of nitrogens with zero attached hydrogens (tertiary/aromatic N) is 2. The third-order valence-electron chi connectivity index (χ3n) is 4.16. The maximum absolute atomic E-state index is 9.84. The van der Waals surface area contributed by atoms with Gasteiger partial charge in [0, 0.05) is 12.6 Å². The molecule has 0 saturated heterocycles. The Balaban J connectivity index is 1.87. The second-order valence-corrected chi connectivity index (χ2v) is 5.88. The number of hydrogen-bond donors (Lipinski definition) is 2. The zero-order chi connectivity index (χ0) is 16.1. The smallest absolute Gasteiger partial charge is 0.221 e. The largest absolute Gasteiger partial charge is 0.508 e. The molecule has 2 aromatic rings. The number of phenolic OH excluding ortho intramolecular Hbond substituents is 1. The fraction of sp³-hybridized carbons (Fsp3) is 0.235. The molecule has 2 unspecified atom stereocenters. The van der Waals surface area contributed by atoms with Crippen LogP contribution in [0, 0.1) is 0 Å². The van der Waals surface area contributed by atoms with E-state index in [1.165, 1.54) is 5.06 Å². The molecule has 0 fully saturated rings. The van der Waals surface area contributed by atoms with E-state index < -0.39 is 11.4 Å². The summed E-state index contributed by atoms with van der Waals surface area (Å²) in [6.45, 7) is 0. The Kier molecular flexibility index (Phi) is 2.88. The summed E-state index contributed by atoms with van der Waals surface area (Å²) in [5.74, 6) is 0.678. The third-order valence-corrected chi connectivity index (χ3v) is 4.16. The van der Waals surface area contributed by atoms with Gasteiger partial charge in [0.15, 0.2) is 5.72 Å². The van der Waals surface area contributed by atoms with Crippen LogP contribution in [0.25, 0.3) is 0 Å². The van der Waals surface area contributed by atoms with Gasteiger partial charge in [-0.15, -0.1) is 0 Å². The lowest BCUT2D eigenvalue weighted by Gasteiger charge is -2.43. The highest BCUT2D eigenvalue weighted by atomic mass is 16.7. The van der Waals surface area contributed by atoms with Crippen molar-refractivity contribution in [2.75, 3.05) is 7.05 Å². The molecule has 23 heavy (non-hydrogen) atoms. The number of benzene rings is 2. The topological polar surface area (TPSA) is 80.3 Å². The van der Waals surface area contributed by atoms with Crippen molar-refractivity contribution in [2.45, 2.75) is 17.9 Å². The van der Waals surface area contributed by atoms with Gasteiger partial charge in [0.2, 0.25) is 5.72 Å². The molecule has 1 spiro atoms. The van der Waals surface area contributed by atoms with Crippen LogP contribution in [0.5, 0.6) is 11.5 Å². The minimum Gasteiger partial charge on any atom is -0.508 e. The zero-order valence-electron chi connectivity index (χ0n) is 12.6. The number of rotatable bonds is 1. The fourth-order valence-electron chi connectivity index (χ4n) is 3.13. The van der Waals surface area contributed by atoms with Crippen molar-refractivity contribution in [3.63, 3.8) is 0 Å². The summed E-state index contributed by atoms with van der Waals surface area (Å²) in [6.07, 6.45) is 1.89. The molecule has 0 saturated carbocycles.